The predicted octanol–water partition coefficient (Wildman–Crippen LogP) is 1.93. The van der Waals surface area contributed by atoms with E-state index < -0.39 is 0 Å². The predicted molar refractivity (Wildman–Crippen MR) is 43.0 cm³/mol. The molecule has 2 aliphatic heterocycles. The molecule has 0 aromatic rings. The zero-order valence-electron chi connectivity index (χ0n) is 6.60. The smallest absolute Gasteiger partial charge is 0.00671 e. The summed E-state index contributed by atoms with van der Waals surface area (Å²) in [4.78, 5) is 0. The van der Waals surface area contributed by atoms with Gasteiger partial charge in [-0.2, -0.15) is 0 Å². The first-order valence-electron chi connectivity index (χ1n) is 4.68. The molecular weight excluding hydrogens is 122 g/mol. The quantitative estimate of drug-likeness (QED) is 0.540. The van der Waals surface area contributed by atoms with E-state index in [0.29, 0.717) is 0 Å². The molecule has 0 amide bonds. The van der Waals surface area contributed by atoms with Crippen molar-refractivity contribution in [1.29, 1.82) is 0 Å². The molecule has 0 saturated carbocycles. The van der Waals surface area contributed by atoms with Crippen molar-refractivity contribution in [2.75, 3.05) is 6.54 Å². The zero-order chi connectivity index (χ0) is 6.81. The molecule has 0 spiro atoms. The summed E-state index contributed by atoms with van der Waals surface area (Å²) in [6.45, 7) is 1.31. The van der Waals surface area contributed by atoms with E-state index in [-0.39, 0.29) is 0 Å². The maximum absolute atomic E-state index is 3.64. The number of rotatable bonds is 0. The van der Waals surface area contributed by atoms with Crippen molar-refractivity contribution in [3.63, 3.8) is 0 Å². The van der Waals surface area contributed by atoms with Crippen LogP contribution in [0.5, 0.6) is 0 Å². The first-order chi connectivity index (χ1) is 4.95. The van der Waals surface area contributed by atoms with Gasteiger partial charge in [-0.05, 0) is 38.1 Å². The average Bonchev–Trinajstić information content (AvgIpc) is 2.17. The second-order valence-electron chi connectivity index (χ2n) is 3.83. The molecule has 0 aromatic heterocycles. The zero-order valence-corrected chi connectivity index (χ0v) is 6.60. The Labute approximate surface area is 63.2 Å². The molecule has 2 fully saturated rings. The Kier molecular flexibility index (Phi) is 1.94. The summed E-state index contributed by atoms with van der Waals surface area (Å²) in [5.41, 5.74) is 0. The molecule has 0 radical (unpaired) electrons. The minimum atomic E-state index is 0.882. The highest BCUT2D eigenvalue weighted by Crippen LogP contribution is 2.25. The Morgan fingerprint density at radius 2 is 1.60 bits per heavy atom. The third-order valence-corrected chi connectivity index (χ3v) is 3.03. The number of nitrogens with one attached hydrogen (secondary N) is 1. The minimum absolute atomic E-state index is 0.882. The van der Waals surface area contributed by atoms with Gasteiger partial charge in [-0.3, -0.25) is 0 Å². The van der Waals surface area contributed by atoms with Crippen molar-refractivity contribution in [2.45, 2.75) is 44.6 Å². The molecule has 1 nitrogen and oxygen atoms in total. The van der Waals surface area contributed by atoms with Crippen LogP contribution in [0.3, 0.4) is 0 Å². The molecule has 2 heterocycles. The van der Waals surface area contributed by atoms with Crippen LogP contribution in [0.25, 0.3) is 0 Å². The Morgan fingerprint density at radius 1 is 0.900 bits per heavy atom. The van der Waals surface area contributed by atoms with Crippen molar-refractivity contribution in [2.24, 2.45) is 5.92 Å². The molecule has 2 saturated heterocycles. The summed E-state index contributed by atoms with van der Waals surface area (Å²) in [6, 6.07) is 0.882. The van der Waals surface area contributed by atoms with Crippen LogP contribution in [0.2, 0.25) is 0 Å². The lowest BCUT2D eigenvalue weighted by Crippen LogP contribution is -2.27. The largest absolute Gasteiger partial charge is 0.314 e. The summed E-state index contributed by atoms with van der Waals surface area (Å²) in [5, 5.41) is 3.64. The molecule has 1 heteroatoms. The van der Waals surface area contributed by atoms with Crippen LogP contribution < -0.4 is 5.32 Å². The van der Waals surface area contributed by atoms with Crippen molar-refractivity contribution in [3.05, 3.63) is 0 Å². The van der Waals surface area contributed by atoms with Crippen LogP contribution in [-0.2, 0) is 0 Å². The summed E-state index contributed by atoms with van der Waals surface area (Å²) >= 11 is 0. The van der Waals surface area contributed by atoms with Crippen LogP contribution in [0.4, 0.5) is 0 Å². The Morgan fingerprint density at radius 3 is 2.30 bits per heavy atom. The number of fused-ring (bicyclic) bond motifs is 3. The second kappa shape index (κ2) is 2.91. The highest BCUT2D eigenvalue weighted by molar-refractivity contribution is 4.79. The summed E-state index contributed by atoms with van der Waals surface area (Å²) in [7, 11) is 0. The van der Waals surface area contributed by atoms with E-state index in [0.717, 1.165) is 12.0 Å². The third kappa shape index (κ3) is 1.34. The number of hydrogen-bond donors (Lipinski definition) is 1. The normalized spacial score (nSPS) is 40.8. The third-order valence-electron chi connectivity index (χ3n) is 3.03. The van der Waals surface area contributed by atoms with Crippen LogP contribution in [-0.4, -0.2) is 12.6 Å². The van der Waals surface area contributed by atoms with Gasteiger partial charge < -0.3 is 5.32 Å². The first-order valence-corrected chi connectivity index (χ1v) is 4.68. The van der Waals surface area contributed by atoms with Gasteiger partial charge >= 0.3 is 0 Å². The van der Waals surface area contributed by atoms with Gasteiger partial charge in [0.05, 0.1) is 0 Å². The molecule has 1 N–H and O–H groups in total. The van der Waals surface area contributed by atoms with E-state index in [1.165, 1.54) is 45.1 Å². The van der Waals surface area contributed by atoms with Gasteiger partial charge in [0.15, 0.2) is 0 Å². The highest BCUT2D eigenvalue weighted by Gasteiger charge is 2.21. The Balaban J connectivity index is 2.01. The van der Waals surface area contributed by atoms with E-state index in [4.69, 9.17) is 0 Å². The second-order valence-corrected chi connectivity index (χ2v) is 3.83. The lowest BCUT2D eigenvalue weighted by molar-refractivity contribution is 0.429. The molecule has 0 aliphatic carbocycles. The topological polar surface area (TPSA) is 12.0 Å². The van der Waals surface area contributed by atoms with Crippen LogP contribution in [0.1, 0.15) is 38.5 Å². The van der Waals surface area contributed by atoms with Gasteiger partial charge in [-0.15, -0.1) is 0 Å². The molecule has 0 aromatic carbocycles. The van der Waals surface area contributed by atoms with Crippen molar-refractivity contribution in [1.82, 2.24) is 5.32 Å². The van der Waals surface area contributed by atoms with Gasteiger partial charge in [0.2, 0.25) is 0 Å². The SMILES string of the molecule is C1C[C@H]2CCC[C@H](C1)NC2. The lowest BCUT2D eigenvalue weighted by atomic mass is 9.93. The van der Waals surface area contributed by atoms with Gasteiger partial charge in [0, 0.05) is 6.04 Å². The fraction of sp³-hybridized carbons (Fsp3) is 1.00. The highest BCUT2D eigenvalue weighted by atomic mass is 14.9. The van der Waals surface area contributed by atoms with Gasteiger partial charge in [0.25, 0.3) is 0 Å². The van der Waals surface area contributed by atoms with E-state index in [1.54, 1.807) is 0 Å². The van der Waals surface area contributed by atoms with Crippen LogP contribution in [0, 0.1) is 5.92 Å². The van der Waals surface area contributed by atoms with E-state index in [2.05, 4.69) is 5.32 Å². The minimum Gasteiger partial charge on any atom is -0.314 e. The summed E-state index contributed by atoms with van der Waals surface area (Å²) < 4.78 is 0. The fourth-order valence-electron chi connectivity index (χ4n) is 2.34. The van der Waals surface area contributed by atoms with Crippen molar-refractivity contribution < 1.29 is 0 Å². The van der Waals surface area contributed by atoms with E-state index >= 15 is 0 Å². The van der Waals surface area contributed by atoms with Gasteiger partial charge in [0.1, 0.15) is 0 Å². The van der Waals surface area contributed by atoms with E-state index in [9.17, 15) is 0 Å². The van der Waals surface area contributed by atoms with Crippen LogP contribution >= 0.6 is 0 Å². The molecule has 2 rings (SSSR count). The molecule has 0 atom stereocenters. The molecule has 2 bridgehead atoms. The standard InChI is InChI=1S/C9H17N/c1-3-8-4-2-6-9(5-1)10-7-8/h8-10H,1-7H2/t8-,9-. The van der Waals surface area contributed by atoms with Crippen molar-refractivity contribution >= 4 is 0 Å². The maximum atomic E-state index is 3.64. The number of hydrogen-bond acceptors (Lipinski definition) is 1. The average molecular weight is 139 g/mol. The molecule has 10 heavy (non-hydrogen) atoms. The molecule has 0 unspecified atom stereocenters. The summed E-state index contributed by atoms with van der Waals surface area (Å²) in [6.07, 6.45) is 8.81. The van der Waals surface area contributed by atoms with Gasteiger partial charge in [-0.1, -0.05) is 12.8 Å². The molecule has 2 aliphatic rings. The Bertz CT molecular complexity index is 89.3. The maximum Gasteiger partial charge on any atom is 0.00671 e. The fourth-order valence-corrected chi connectivity index (χ4v) is 2.34. The first kappa shape index (κ1) is 6.66. The van der Waals surface area contributed by atoms with Gasteiger partial charge in [-0.25, -0.2) is 0 Å². The molecule has 58 valence electrons. The monoisotopic (exact) mass is 139 g/mol. The lowest BCUT2D eigenvalue weighted by Gasteiger charge is -2.13. The summed E-state index contributed by atoms with van der Waals surface area (Å²) in [5.74, 6) is 1.02. The Hall–Kier alpha value is -0.0400. The molecular formula is C9H17N. The van der Waals surface area contributed by atoms with Crippen LogP contribution in [0.15, 0.2) is 0 Å². The van der Waals surface area contributed by atoms with E-state index in [1.807, 2.05) is 0 Å². The van der Waals surface area contributed by atoms with Crippen molar-refractivity contribution in [3.8, 4) is 0 Å².